The molecule has 1 saturated heterocycles. The van der Waals surface area contributed by atoms with Gasteiger partial charge in [-0.1, -0.05) is 30.3 Å². The van der Waals surface area contributed by atoms with Crippen LogP contribution in [0, 0.1) is 6.92 Å². The molecule has 2 amide bonds. The van der Waals surface area contributed by atoms with Crippen LogP contribution in [0.5, 0.6) is 0 Å². The Kier molecular flexibility index (Phi) is 5.33. The second-order valence-electron chi connectivity index (χ2n) is 6.73. The van der Waals surface area contributed by atoms with Crippen molar-refractivity contribution in [1.82, 2.24) is 29.9 Å². The van der Waals surface area contributed by atoms with E-state index in [1.165, 1.54) is 5.56 Å². The highest BCUT2D eigenvalue weighted by molar-refractivity contribution is 5.73. The first kappa shape index (κ1) is 17.4. The van der Waals surface area contributed by atoms with Crippen molar-refractivity contribution in [2.24, 2.45) is 0 Å². The lowest BCUT2D eigenvalue weighted by Crippen LogP contribution is -2.42. The van der Waals surface area contributed by atoms with Gasteiger partial charge in [0.1, 0.15) is 5.82 Å². The normalized spacial score (nSPS) is 18.8. The number of nitrogens with zero attached hydrogens (tertiary/aromatic N) is 5. The van der Waals surface area contributed by atoms with Gasteiger partial charge in [0.25, 0.3) is 0 Å². The number of urea groups is 1. The monoisotopic (exact) mass is 342 g/mol. The molecule has 7 nitrogen and oxygen atoms in total. The topological polar surface area (TPSA) is 68.4 Å². The van der Waals surface area contributed by atoms with Crippen LogP contribution in [-0.2, 0) is 6.54 Å². The summed E-state index contributed by atoms with van der Waals surface area (Å²) < 4.78 is 0. The van der Waals surface area contributed by atoms with E-state index in [9.17, 15) is 4.79 Å². The minimum atomic E-state index is -0.0171. The average molecular weight is 342 g/mol. The molecular formula is C18H26N6O. The summed E-state index contributed by atoms with van der Waals surface area (Å²) >= 11 is 0. The highest BCUT2D eigenvalue weighted by Crippen LogP contribution is 2.25. The number of aryl methyl sites for hydroxylation is 1. The number of benzene rings is 1. The van der Waals surface area contributed by atoms with E-state index >= 15 is 0 Å². The van der Waals surface area contributed by atoms with Crippen molar-refractivity contribution in [3.63, 3.8) is 0 Å². The molecule has 134 valence electrons. The van der Waals surface area contributed by atoms with Crippen molar-refractivity contribution >= 4 is 6.03 Å². The number of amides is 2. The van der Waals surface area contributed by atoms with Gasteiger partial charge in [0.2, 0.25) is 0 Å². The molecule has 0 aliphatic carbocycles. The van der Waals surface area contributed by atoms with Crippen molar-refractivity contribution in [2.45, 2.75) is 25.9 Å². The fourth-order valence-corrected chi connectivity index (χ4v) is 3.25. The van der Waals surface area contributed by atoms with Crippen LogP contribution < -0.4 is 0 Å². The predicted molar refractivity (Wildman–Crippen MR) is 96.0 cm³/mol. The number of aromatic amines is 1. The number of H-pyrrole nitrogens is 1. The van der Waals surface area contributed by atoms with E-state index < -0.39 is 0 Å². The largest absolute Gasteiger partial charge is 0.331 e. The van der Waals surface area contributed by atoms with E-state index in [4.69, 9.17) is 0 Å². The standard InChI is InChI=1S/C18H26N6O/c1-14-19-17(21-20-14)16-13-24(18(25)22(2)3)11-7-10-23(16)12-15-8-5-4-6-9-15/h4-6,8-9,16H,7,10-13H2,1-3H3,(H,19,20,21). The van der Waals surface area contributed by atoms with Gasteiger partial charge in [-0.15, -0.1) is 0 Å². The Hall–Kier alpha value is -2.41. The molecule has 0 bridgehead atoms. The van der Waals surface area contributed by atoms with Crippen LogP contribution in [0.2, 0.25) is 0 Å². The summed E-state index contributed by atoms with van der Waals surface area (Å²) in [4.78, 5) is 22.9. The van der Waals surface area contributed by atoms with E-state index in [0.29, 0.717) is 6.54 Å². The molecular weight excluding hydrogens is 316 g/mol. The maximum absolute atomic E-state index is 12.5. The summed E-state index contributed by atoms with van der Waals surface area (Å²) in [7, 11) is 3.59. The second-order valence-corrected chi connectivity index (χ2v) is 6.73. The molecule has 1 aromatic heterocycles. The van der Waals surface area contributed by atoms with Gasteiger partial charge in [0.05, 0.1) is 6.04 Å². The lowest BCUT2D eigenvalue weighted by molar-refractivity contribution is 0.148. The van der Waals surface area contributed by atoms with Crippen molar-refractivity contribution in [3.8, 4) is 0 Å². The van der Waals surface area contributed by atoms with Crippen LogP contribution in [0.25, 0.3) is 0 Å². The smallest absolute Gasteiger partial charge is 0.319 e. The molecule has 1 aromatic carbocycles. The Morgan fingerprint density at radius 2 is 2.04 bits per heavy atom. The summed E-state index contributed by atoms with van der Waals surface area (Å²) in [6.07, 6.45) is 0.937. The van der Waals surface area contributed by atoms with E-state index in [-0.39, 0.29) is 12.1 Å². The van der Waals surface area contributed by atoms with Gasteiger partial charge >= 0.3 is 6.03 Å². The molecule has 1 N–H and O–H groups in total. The average Bonchev–Trinajstić information content (AvgIpc) is 2.92. The van der Waals surface area contributed by atoms with Gasteiger partial charge in [-0.3, -0.25) is 10.00 Å². The first-order chi connectivity index (χ1) is 12.0. The zero-order valence-electron chi connectivity index (χ0n) is 15.1. The molecule has 1 aliphatic heterocycles. The lowest BCUT2D eigenvalue weighted by Gasteiger charge is -2.31. The Morgan fingerprint density at radius 1 is 1.28 bits per heavy atom. The second kappa shape index (κ2) is 7.65. The lowest BCUT2D eigenvalue weighted by atomic mass is 10.1. The maximum Gasteiger partial charge on any atom is 0.319 e. The first-order valence-corrected chi connectivity index (χ1v) is 8.67. The molecule has 0 spiro atoms. The molecule has 1 fully saturated rings. The molecule has 0 radical (unpaired) electrons. The van der Waals surface area contributed by atoms with Gasteiger partial charge in [0, 0.05) is 40.3 Å². The Balaban J connectivity index is 1.86. The minimum absolute atomic E-state index is 0.0171. The van der Waals surface area contributed by atoms with Gasteiger partial charge in [-0.25, -0.2) is 9.78 Å². The van der Waals surface area contributed by atoms with Crippen molar-refractivity contribution < 1.29 is 4.79 Å². The van der Waals surface area contributed by atoms with E-state index in [0.717, 1.165) is 37.7 Å². The Labute approximate surface area is 148 Å². The minimum Gasteiger partial charge on any atom is -0.331 e. The molecule has 2 heterocycles. The third-order valence-electron chi connectivity index (χ3n) is 4.50. The van der Waals surface area contributed by atoms with Gasteiger partial charge in [-0.2, -0.15) is 5.10 Å². The number of carbonyl (C=O) groups is 1. The molecule has 7 heteroatoms. The Morgan fingerprint density at radius 3 is 2.68 bits per heavy atom. The molecule has 1 unspecified atom stereocenters. The number of aromatic nitrogens is 3. The first-order valence-electron chi connectivity index (χ1n) is 8.67. The predicted octanol–water partition coefficient (Wildman–Crippen LogP) is 2.04. The zero-order valence-corrected chi connectivity index (χ0v) is 15.1. The third kappa shape index (κ3) is 4.17. The number of hydrogen-bond acceptors (Lipinski definition) is 4. The van der Waals surface area contributed by atoms with E-state index in [2.05, 4.69) is 44.3 Å². The van der Waals surface area contributed by atoms with Crippen LogP contribution >= 0.6 is 0 Å². The summed E-state index contributed by atoms with van der Waals surface area (Å²) in [5, 5.41) is 7.32. The summed E-state index contributed by atoms with van der Waals surface area (Å²) in [6, 6.07) is 10.4. The molecule has 0 saturated carbocycles. The SMILES string of the molecule is Cc1nc(C2CN(C(=O)N(C)C)CCCN2Cc2ccccc2)n[nH]1. The summed E-state index contributed by atoms with van der Waals surface area (Å²) in [6.45, 7) is 4.98. The third-order valence-corrected chi connectivity index (χ3v) is 4.50. The number of nitrogens with one attached hydrogen (secondary N) is 1. The molecule has 1 aliphatic rings. The zero-order chi connectivity index (χ0) is 17.8. The van der Waals surface area contributed by atoms with Crippen LogP contribution in [0.15, 0.2) is 30.3 Å². The number of rotatable bonds is 3. The van der Waals surface area contributed by atoms with Crippen molar-refractivity contribution in [3.05, 3.63) is 47.5 Å². The van der Waals surface area contributed by atoms with E-state index in [1.807, 2.05) is 17.9 Å². The molecule has 2 aromatic rings. The van der Waals surface area contributed by atoms with Crippen molar-refractivity contribution in [1.29, 1.82) is 0 Å². The number of carbonyl (C=O) groups excluding carboxylic acids is 1. The highest BCUT2D eigenvalue weighted by atomic mass is 16.2. The molecule has 3 rings (SSSR count). The fourth-order valence-electron chi connectivity index (χ4n) is 3.25. The van der Waals surface area contributed by atoms with Gasteiger partial charge in [-0.05, 0) is 18.9 Å². The van der Waals surface area contributed by atoms with E-state index in [1.54, 1.807) is 19.0 Å². The summed E-state index contributed by atoms with van der Waals surface area (Å²) in [5.41, 5.74) is 1.26. The van der Waals surface area contributed by atoms with Crippen LogP contribution in [0.4, 0.5) is 4.79 Å². The molecule has 25 heavy (non-hydrogen) atoms. The van der Waals surface area contributed by atoms with Gasteiger partial charge in [0.15, 0.2) is 5.82 Å². The van der Waals surface area contributed by atoms with Crippen molar-refractivity contribution in [2.75, 3.05) is 33.7 Å². The maximum atomic E-state index is 12.5. The number of hydrogen-bond donors (Lipinski definition) is 1. The Bertz CT molecular complexity index is 699. The summed E-state index contributed by atoms with van der Waals surface area (Å²) in [5.74, 6) is 1.55. The van der Waals surface area contributed by atoms with Crippen LogP contribution in [-0.4, -0.2) is 69.6 Å². The van der Waals surface area contributed by atoms with Crippen LogP contribution in [0.3, 0.4) is 0 Å². The quantitative estimate of drug-likeness (QED) is 0.927. The fraction of sp³-hybridized carbons (Fsp3) is 0.500. The van der Waals surface area contributed by atoms with Crippen LogP contribution in [0.1, 0.15) is 29.7 Å². The van der Waals surface area contributed by atoms with Gasteiger partial charge < -0.3 is 9.80 Å². The molecule has 1 atom stereocenters. The highest BCUT2D eigenvalue weighted by Gasteiger charge is 2.31.